The van der Waals surface area contributed by atoms with Crippen molar-refractivity contribution < 1.29 is 9.21 Å². The van der Waals surface area contributed by atoms with Crippen LogP contribution in [0.1, 0.15) is 10.4 Å². The summed E-state index contributed by atoms with van der Waals surface area (Å²) in [4.78, 5) is 17.1. The summed E-state index contributed by atoms with van der Waals surface area (Å²) in [5, 5.41) is 3.39. The molecule has 0 bridgehead atoms. The first-order chi connectivity index (χ1) is 15.2. The molecule has 5 aromatic rings. The summed E-state index contributed by atoms with van der Waals surface area (Å²) in [5.41, 5.74) is 5.64. The zero-order valence-corrected chi connectivity index (χ0v) is 17.1. The maximum atomic E-state index is 12.5. The van der Waals surface area contributed by atoms with Gasteiger partial charge in [0.25, 0.3) is 5.91 Å². The number of carbonyl (C=O) groups is 1. The maximum absolute atomic E-state index is 12.5. The van der Waals surface area contributed by atoms with E-state index in [4.69, 9.17) is 16.0 Å². The molecule has 1 heterocycles. The number of rotatable bonds is 4. The number of oxazole rings is 1. The van der Waals surface area contributed by atoms with Crippen LogP contribution in [0.3, 0.4) is 0 Å². The normalized spacial score (nSPS) is 10.9. The molecule has 0 saturated heterocycles. The highest BCUT2D eigenvalue weighted by molar-refractivity contribution is 6.31. The molecule has 31 heavy (non-hydrogen) atoms. The highest BCUT2D eigenvalue weighted by Gasteiger charge is 2.11. The minimum absolute atomic E-state index is 0.234. The average Bonchev–Trinajstić information content (AvgIpc) is 3.23. The third-order valence-electron chi connectivity index (χ3n) is 4.97. The highest BCUT2D eigenvalue weighted by atomic mass is 35.5. The number of anilines is 1. The summed E-state index contributed by atoms with van der Waals surface area (Å²) in [5.74, 6) is 0.301. The van der Waals surface area contributed by atoms with Crippen molar-refractivity contribution in [1.82, 2.24) is 4.98 Å². The van der Waals surface area contributed by atoms with Gasteiger partial charge in [0.15, 0.2) is 5.58 Å². The van der Waals surface area contributed by atoms with Gasteiger partial charge in [0, 0.05) is 21.8 Å². The first kappa shape index (κ1) is 19.1. The molecule has 0 radical (unpaired) electrons. The fourth-order valence-corrected chi connectivity index (χ4v) is 3.59. The Kier molecular flexibility index (Phi) is 4.98. The number of nitrogens with zero attached hydrogens (tertiary/aromatic N) is 1. The van der Waals surface area contributed by atoms with Crippen molar-refractivity contribution in [3.05, 3.63) is 108 Å². The molecule has 150 valence electrons. The van der Waals surface area contributed by atoms with E-state index in [-0.39, 0.29) is 5.91 Å². The van der Waals surface area contributed by atoms with Crippen LogP contribution in [0.5, 0.6) is 0 Å². The number of aromatic nitrogens is 1. The second-order valence-corrected chi connectivity index (χ2v) is 7.55. The maximum Gasteiger partial charge on any atom is 0.255 e. The van der Waals surface area contributed by atoms with E-state index in [0.717, 1.165) is 16.7 Å². The van der Waals surface area contributed by atoms with E-state index >= 15 is 0 Å². The highest BCUT2D eigenvalue weighted by Crippen LogP contribution is 2.28. The number of halogens is 1. The van der Waals surface area contributed by atoms with Crippen LogP contribution in [-0.4, -0.2) is 10.9 Å². The Morgan fingerprint density at radius 1 is 0.774 bits per heavy atom. The molecule has 1 amide bonds. The molecule has 0 fully saturated rings. The van der Waals surface area contributed by atoms with E-state index < -0.39 is 0 Å². The molecule has 1 aromatic heterocycles. The van der Waals surface area contributed by atoms with Gasteiger partial charge in [-0.3, -0.25) is 4.79 Å². The molecule has 5 heteroatoms. The summed E-state index contributed by atoms with van der Waals surface area (Å²) in [6.07, 6.45) is 0. The smallest absolute Gasteiger partial charge is 0.255 e. The fraction of sp³-hybridized carbons (Fsp3) is 0. The number of benzene rings is 4. The Morgan fingerprint density at radius 3 is 2.29 bits per heavy atom. The van der Waals surface area contributed by atoms with Crippen LogP contribution in [0.25, 0.3) is 33.7 Å². The third-order valence-corrected chi connectivity index (χ3v) is 5.21. The molecule has 0 aliphatic rings. The summed E-state index contributed by atoms with van der Waals surface area (Å²) in [6.45, 7) is 0. The number of nitrogens with one attached hydrogen (secondary N) is 1. The molecule has 0 atom stereocenters. The molecule has 0 aliphatic heterocycles. The van der Waals surface area contributed by atoms with Crippen LogP contribution in [-0.2, 0) is 0 Å². The summed E-state index contributed by atoms with van der Waals surface area (Å²) >= 11 is 5.97. The fourth-order valence-electron chi connectivity index (χ4n) is 3.40. The number of hydrogen-bond donors (Lipinski definition) is 1. The molecule has 1 N–H and O–H groups in total. The summed E-state index contributed by atoms with van der Waals surface area (Å²) in [7, 11) is 0. The Hall–Kier alpha value is -3.89. The Balaban J connectivity index is 1.39. The van der Waals surface area contributed by atoms with Crippen LogP contribution in [0.15, 0.2) is 101 Å². The average molecular weight is 425 g/mol. The minimum Gasteiger partial charge on any atom is -0.436 e. The monoisotopic (exact) mass is 424 g/mol. The lowest BCUT2D eigenvalue weighted by atomic mass is 10.0. The molecule has 4 nitrogen and oxygen atoms in total. The second-order valence-electron chi connectivity index (χ2n) is 7.11. The number of fused-ring (bicyclic) bond motifs is 1. The van der Waals surface area contributed by atoms with E-state index in [1.165, 1.54) is 0 Å². The standard InChI is InChI=1S/C26H17ClN2O2/c27-21-8-4-7-20(15-21)25(30)28-22-13-14-24-23(16-22)29-26(31-24)19-11-9-18(10-12-19)17-5-2-1-3-6-17/h1-16H,(H,28,30). The van der Waals surface area contributed by atoms with Gasteiger partial charge in [0.1, 0.15) is 5.52 Å². The van der Waals surface area contributed by atoms with Crippen molar-refractivity contribution in [1.29, 1.82) is 0 Å². The van der Waals surface area contributed by atoms with E-state index in [0.29, 0.717) is 33.3 Å². The lowest BCUT2D eigenvalue weighted by molar-refractivity contribution is 0.102. The van der Waals surface area contributed by atoms with Crippen molar-refractivity contribution in [2.45, 2.75) is 0 Å². The predicted molar refractivity (Wildman–Crippen MR) is 124 cm³/mol. The molecule has 0 spiro atoms. The van der Waals surface area contributed by atoms with Gasteiger partial charge >= 0.3 is 0 Å². The van der Waals surface area contributed by atoms with Gasteiger partial charge in [0.2, 0.25) is 5.89 Å². The lowest BCUT2D eigenvalue weighted by Crippen LogP contribution is -2.11. The van der Waals surface area contributed by atoms with Crippen molar-refractivity contribution >= 4 is 34.3 Å². The van der Waals surface area contributed by atoms with Gasteiger partial charge < -0.3 is 9.73 Å². The summed E-state index contributed by atoms with van der Waals surface area (Å²) in [6, 6.07) is 30.5. The second kappa shape index (κ2) is 8.09. The van der Waals surface area contributed by atoms with E-state index in [9.17, 15) is 4.79 Å². The third kappa shape index (κ3) is 4.06. The first-order valence-electron chi connectivity index (χ1n) is 9.79. The van der Waals surface area contributed by atoms with Crippen LogP contribution >= 0.6 is 11.6 Å². The van der Waals surface area contributed by atoms with Gasteiger partial charge in [-0.25, -0.2) is 4.98 Å². The number of hydrogen-bond acceptors (Lipinski definition) is 3. The van der Waals surface area contributed by atoms with Gasteiger partial charge in [-0.1, -0.05) is 60.1 Å². The summed E-state index contributed by atoms with van der Waals surface area (Å²) < 4.78 is 5.92. The van der Waals surface area contributed by atoms with Crippen LogP contribution in [0, 0.1) is 0 Å². The minimum atomic E-state index is -0.234. The largest absolute Gasteiger partial charge is 0.436 e. The number of amides is 1. The van der Waals surface area contributed by atoms with E-state index in [2.05, 4.69) is 34.6 Å². The van der Waals surface area contributed by atoms with E-state index in [1.54, 1.807) is 42.5 Å². The van der Waals surface area contributed by atoms with Crippen LogP contribution < -0.4 is 5.32 Å². The molecule has 4 aromatic carbocycles. The lowest BCUT2D eigenvalue weighted by Gasteiger charge is -2.05. The zero-order chi connectivity index (χ0) is 21.2. The van der Waals surface area contributed by atoms with Crippen molar-refractivity contribution in [2.75, 3.05) is 5.32 Å². The molecule has 0 unspecified atom stereocenters. The molecular weight excluding hydrogens is 408 g/mol. The first-order valence-corrected chi connectivity index (χ1v) is 10.2. The quantitative estimate of drug-likeness (QED) is 0.335. The van der Waals surface area contributed by atoms with Crippen molar-refractivity contribution in [3.63, 3.8) is 0 Å². The predicted octanol–water partition coefficient (Wildman–Crippen LogP) is 7.07. The Morgan fingerprint density at radius 2 is 1.52 bits per heavy atom. The molecule has 5 rings (SSSR count). The van der Waals surface area contributed by atoms with Gasteiger partial charge in [-0.15, -0.1) is 0 Å². The number of carbonyl (C=O) groups excluding carboxylic acids is 1. The SMILES string of the molecule is O=C(Nc1ccc2oc(-c3ccc(-c4ccccc4)cc3)nc2c1)c1cccc(Cl)c1. The Bertz CT molecular complexity index is 1380. The molecule has 0 saturated carbocycles. The van der Waals surface area contributed by atoms with Crippen LogP contribution in [0.2, 0.25) is 5.02 Å². The van der Waals surface area contributed by atoms with Crippen molar-refractivity contribution in [3.8, 4) is 22.6 Å². The van der Waals surface area contributed by atoms with Crippen molar-refractivity contribution in [2.24, 2.45) is 0 Å². The van der Waals surface area contributed by atoms with Gasteiger partial charge in [0.05, 0.1) is 0 Å². The zero-order valence-electron chi connectivity index (χ0n) is 16.4. The van der Waals surface area contributed by atoms with Gasteiger partial charge in [-0.2, -0.15) is 0 Å². The topological polar surface area (TPSA) is 55.1 Å². The molecule has 0 aliphatic carbocycles. The van der Waals surface area contributed by atoms with Gasteiger partial charge in [-0.05, 0) is 59.7 Å². The Labute approximate surface area is 184 Å². The molecular formula is C26H17ClN2O2. The van der Waals surface area contributed by atoms with E-state index in [1.807, 2.05) is 30.3 Å². The van der Waals surface area contributed by atoms with Crippen LogP contribution in [0.4, 0.5) is 5.69 Å².